The van der Waals surface area contributed by atoms with Gasteiger partial charge in [-0.3, -0.25) is 0 Å². The molecule has 0 saturated carbocycles. The van der Waals surface area contributed by atoms with Gasteiger partial charge in [0.1, 0.15) is 15.7 Å². The number of rotatable bonds is 4. The molecule has 0 atom stereocenters. The molecule has 0 bridgehead atoms. The average Bonchev–Trinajstić information content (AvgIpc) is 2.77. The van der Waals surface area contributed by atoms with Crippen molar-refractivity contribution in [3.8, 4) is 10.6 Å². The minimum Gasteiger partial charge on any atom is -0.477 e. The van der Waals surface area contributed by atoms with Crippen molar-refractivity contribution in [1.82, 2.24) is 4.98 Å². The molecule has 2 aromatic rings. The Morgan fingerprint density at radius 1 is 1.53 bits per heavy atom. The van der Waals surface area contributed by atoms with Crippen LogP contribution in [0.4, 0.5) is 4.39 Å². The van der Waals surface area contributed by atoms with E-state index in [0.29, 0.717) is 27.2 Å². The summed E-state index contributed by atoms with van der Waals surface area (Å²) in [6, 6.07) is 4.66. The number of hydrogen-bond donors (Lipinski definition) is 1. The van der Waals surface area contributed by atoms with Crippen molar-refractivity contribution in [2.24, 2.45) is 0 Å². The van der Waals surface area contributed by atoms with Crippen molar-refractivity contribution in [3.63, 3.8) is 0 Å². The van der Waals surface area contributed by atoms with Crippen LogP contribution in [0.5, 0.6) is 0 Å². The van der Waals surface area contributed by atoms with Gasteiger partial charge in [-0.25, -0.2) is 14.2 Å². The number of aromatic carboxylic acids is 1. The number of hydrogen-bond acceptors (Lipinski definition) is 3. The summed E-state index contributed by atoms with van der Waals surface area (Å²) in [7, 11) is 0. The van der Waals surface area contributed by atoms with Crippen molar-refractivity contribution in [2.45, 2.75) is 19.8 Å². The van der Waals surface area contributed by atoms with Crippen molar-refractivity contribution in [1.29, 1.82) is 0 Å². The second-order valence-corrected chi connectivity index (χ2v) is 5.83. The maximum atomic E-state index is 13.5. The molecule has 19 heavy (non-hydrogen) atoms. The van der Waals surface area contributed by atoms with Crippen molar-refractivity contribution >= 4 is 33.2 Å². The van der Waals surface area contributed by atoms with E-state index in [1.165, 1.54) is 6.07 Å². The number of carbonyl (C=O) groups is 1. The fourth-order valence-electron chi connectivity index (χ4n) is 1.68. The Hall–Kier alpha value is -1.27. The molecule has 2 rings (SSSR count). The molecule has 0 aliphatic heterocycles. The Labute approximate surface area is 122 Å². The highest BCUT2D eigenvalue weighted by atomic mass is 79.9. The van der Waals surface area contributed by atoms with Gasteiger partial charge in [0.2, 0.25) is 0 Å². The normalized spacial score (nSPS) is 10.7. The Morgan fingerprint density at radius 3 is 2.84 bits per heavy atom. The monoisotopic (exact) mass is 343 g/mol. The van der Waals surface area contributed by atoms with E-state index in [1.54, 1.807) is 12.1 Å². The molecule has 0 radical (unpaired) electrons. The largest absolute Gasteiger partial charge is 0.477 e. The van der Waals surface area contributed by atoms with Crippen LogP contribution < -0.4 is 0 Å². The Bertz CT molecular complexity index is 627. The molecule has 1 N–H and O–H groups in total. The SMILES string of the molecule is CCCc1nc(-c2ccc(Br)c(F)c2)sc1C(=O)O. The van der Waals surface area contributed by atoms with Crippen LogP contribution in [0.25, 0.3) is 10.6 Å². The lowest BCUT2D eigenvalue weighted by Crippen LogP contribution is -1.98. The number of thiazole rings is 1. The van der Waals surface area contributed by atoms with Crippen LogP contribution >= 0.6 is 27.3 Å². The molecule has 100 valence electrons. The predicted octanol–water partition coefficient (Wildman–Crippen LogP) is 4.36. The highest BCUT2D eigenvalue weighted by molar-refractivity contribution is 9.10. The van der Waals surface area contributed by atoms with E-state index in [0.717, 1.165) is 17.8 Å². The first-order chi connectivity index (χ1) is 9.02. The molecule has 0 aliphatic carbocycles. The molecule has 0 aliphatic rings. The molecular weight excluding hydrogens is 333 g/mol. The first-order valence-corrected chi connectivity index (χ1v) is 7.32. The highest BCUT2D eigenvalue weighted by Gasteiger charge is 2.18. The van der Waals surface area contributed by atoms with Crippen LogP contribution in [0.1, 0.15) is 28.7 Å². The molecule has 3 nitrogen and oxygen atoms in total. The third-order valence-corrected chi connectivity index (χ3v) is 4.32. The predicted molar refractivity (Wildman–Crippen MR) is 76.2 cm³/mol. The smallest absolute Gasteiger partial charge is 0.347 e. The lowest BCUT2D eigenvalue weighted by Gasteiger charge is -1.98. The first-order valence-electron chi connectivity index (χ1n) is 5.71. The molecular formula is C13H11BrFNO2S. The second-order valence-electron chi connectivity index (χ2n) is 3.98. The first kappa shape index (κ1) is 14.1. The maximum absolute atomic E-state index is 13.5. The van der Waals surface area contributed by atoms with Crippen LogP contribution in [0.3, 0.4) is 0 Å². The van der Waals surface area contributed by atoms with Gasteiger partial charge in [0.05, 0.1) is 10.2 Å². The lowest BCUT2D eigenvalue weighted by atomic mass is 10.2. The third kappa shape index (κ3) is 3.01. The summed E-state index contributed by atoms with van der Waals surface area (Å²) < 4.78 is 13.9. The topological polar surface area (TPSA) is 50.2 Å². The number of nitrogens with zero attached hydrogens (tertiary/aromatic N) is 1. The summed E-state index contributed by atoms with van der Waals surface area (Å²) >= 11 is 4.17. The van der Waals surface area contributed by atoms with Gasteiger partial charge in [-0.1, -0.05) is 19.4 Å². The molecule has 0 amide bonds. The molecule has 0 spiro atoms. The van der Waals surface area contributed by atoms with E-state index in [9.17, 15) is 9.18 Å². The number of halogens is 2. The highest BCUT2D eigenvalue weighted by Crippen LogP contribution is 2.30. The van der Waals surface area contributed by atoms with Gasteiger partial charge in [-0.15, -0.1) is 11.3 Å². The van der Waals surface area contributed by atoms with E-state index < -0.39 is 5.97 Å². The van der Waals surface area contributed by atoms with Crippen LogP contribution in [-0.4, -0.2) is 16.1 Å². The fourth-order valence-corrected chi connectivity index (χ4v) is 2.87. The lowest BCUT2D eigenvalue weighted by molar-refractivity contribution is 0.0700. The van der Waals surface area contributed by atoms with E-state index in [1.807, 2.05) is 6.92 Å². The standard InChI is InChI=1S/C13H11BrFNO2S/c1-2-3-10-11(13(17)18)19-12(16-10)7-4-5-8(14)9(15)6-7/h4-6H,2-3H2,1H3,(H,17,18). The Balaban J connectivity index is 2.47. The Kier molecular flexibility index (Phi) is 4.31. The fraction of sp³-hybridized carbons (Fsp3) is 0.231. The Morgan fingerprint density at radius 2 is 2.26 bits per heavy atom. The number of carboxylic acids is 1. The molecule has 0 saturated heterocycles. The molecule has 0 fully saturated rings. The van der Waals surface area contributed by atoms with E-state index in [-0.39, 0.29) is 10.7 Å². The van der Waals surface area contributed by atoms with Gasteiger partial charge in [-0.2, -0.15) is 0 Å². The number of aryl methyl sites for hydroxylation is 1. The minimum absolute atomic E-state index is 0.236. The van der Waals surface area contributed by atoms with Crippen LogP contribution in [-0.2, 0) is 6.42 Å². The summed E-state index contributed by atoms with van der Waals surface area (Å²) in [5, 5.41) is 9.67. The number of carboxylic acid groups (broad SMARTS) is 1. The van der Waals surface area contributed by atoms with Gasteiger partial charge in [0, 0.05) is 5.56 Å². The average molecular weight is 344 g/mol. The van der Waals surface area contributed by atoms with E-state index in [4.69, 9.17) is 5.11 Å². The summed E-state index contributed by atoms with van der Waals surface area (Å²) in [5.41, 5.74) is 1.16. The molecule has 6 heteroatoms. The quantitative estimate of drug-likeness (QED) is 0.896. The van der Waals surface area contributed by atoms with Gasteiger partial charge in [-0.05, 0) is 34.5 Å². The van der Waals surface area contributed by atoms with Crippen LogP contribution in [0, 0.1) is 5.82 Å². The summed E-state index contributed by atoms with van der Waals surface area (Å²) in [6.07, 6.45) is 1.43. The van der Waals surface area contributed by atoms with Gasteiger partial charge in [0.15, 0.2) is 0 Å². The maximum Gasteiger partial charge on any atom is 0.347 e. The third-order valence-electron chi connectivity index (χ3n) is 2.54. The second kappa shape index (κ2) is 5.79. The molecule has 1 aromatic heterocycles. The zero-order chi connectivity index (χ0) is 14.0. The molecule has 1 aromatic carbocycles. The van der Waals surface area contributed by atoms with E-state index >= 15 is 0 Å². The number of benzene rings is 1. The van der Waals surface area contributed by atoms with Crippen LogP contribution in [0.15, 0.2) is 22.7 Å². The van der Waals surface area contributed by atoms with Gasteiger partial charge < -0.3 is 5.11 Å². The van der Waals surface area contributed by atoms with Crippen molar-refractivity contribution < 1.29 is 14.3 Å². The summed E-state index contributed by atoms with van der Waals surface area (Å²) in [5.74, 6) is -1.37. The van der Waals surface area contributed by atoms with Crippen molar-refractivity contribution in [3.05, 3.63) is 39.1 Å². The van der Waals surface area contributed by atoms with E-state index in [2.05, 4.69) is 20.9 Å². The summed E-state index contributed by atoms with van der Waals surface area (Å²) in [4.78, 5) is 15.7. The molecule has 0 unspecified atom stereocenters. The van der Waals surface area contributed by atoms with Crippen LogP contribution in [0.2, 0.25) is 0 Å². The summed E-state index contributed by atoms with van der Waals surface area (Å²) in [6.45, 7) is 1.96. The minimum atomic E-state index is -0.982. The van der Waals surface area contributed by atoms with Crippen molar-refractivity contribution in [2.75, 3.05) is 0 Å². The molecule has 1 heterocycles. The number of aromatic nitrogens is 1. The zero-order valence-corrected chi connectivity index (χ0v) is 12.5. The van der Waals surface area contributed by atoms with Gasteiger partial charge >= 0.3 is 5.97 Å². The van der Waals surface area contributed by atoms with Gasteiger partial charge in [0.25, 0.3) is 0 Å². The zero-order valence-electron chi connectivity index (χ0n) is 10.1.